The van der Waals surface area contributed by atoms with Gasteiger partial charge in [-0.3, -0.25) is 4.79 Å². The van der Waals surface area contributed by atoms with Crippen LogP contribution in [0.2, 0.25) is 0 Å². The number of nitrogens with zero attached hydrogens (tertiary/aromatic N) is 3. The highest BCUT2D eigenvalue weighted by Gasteiger charge is 2.51. The van der Waals surface area contributed by atoms with Gasteiger partial charge >= 0.3 is 6.18 Å². The third kappa shape index (κ3) is 5.05. The molecule has 2 saturated heterocycles. The summed E-state index contributed by atoms with van der Waals surface area (Å²) >= 11 is 0. The number of aliphatic hydroxyl groups excluding tert-OH is 2. The maximum Gasteiger partial charge on any atom is 0.416 e. The minimum atomic E-state index is -4.37. The average molecular weight is 456 g/mol. The predicted octanol–water partition coefficient (Wildman–Crippen LogP) is 2.34. The van der Waals surface area contributed by atoms with Gasteiger partial charge in [0.25, 0.3) is 0 Å². The van der Waals surface area contributed by atoms with E-state index in [-0.39, 0.29) is 36.5 Å². The monoisotopic (exact) mass is 455 g/mol. The Hall–Kier alpha value is -1.84. The first-order chi connectivity index (χ1) is 15.2. The molecule has 3 fully saturated rings. The van der Waals surface area contributed by atoms with E-state index in [2.05, 4.69) is 4.90 Å². The fourth-order valence-electron chi connectivity index (χ4n) is 5.05. The van der Waals surface area contributed by atoms with Crippen LogP contribution in [0.15, 0.2) is 24.3 Å². The number of amides is 1. The molecule has 2 N–H and O–H groups in total. The van der Waals surface area contributed by atoms with Gasteiger partial charge in [0.1, 0.15) is 0 Å². The quantitative estimate of drug-likeness (QED) is 0.690. The minimum Gasteiger partial charge on any atom is -0.394 e. The van der Waals surface area contributed by atoms with Crippen LogP contribution >= 0.6 is 0 Å². The molecule has 0 radical (unpaired) electrons. The van der Waals surface area contributed by atoms with Crippen LogP contribution in [0.1, 0.15) is 37.7 Å². The van der Waals surface area contributed by atoms with Gasteiger partial charge in [0.15, 0.2) is 0 Å². The van der Waals surface area contributed by atoms with Crippen LogP contribution in [0.5, 0.6) is 0 Å². The fourth-order valence-corrected chi connectivity index (χ4v) is 5.05. The first-order valence-electron chi connectivity index (χ1n) is 11.4. The van der Waals surface area contributed by atoms with Gasteiger partial charge in [-0.1, -0.05) is 0 Å². The van der Waals surface area contributed by atoms with Crippen LogP contribution in [-0.4, -0.2) is 83.9 Å². The third-order valence-electron chi connectivity index (χ3n) is 7.47. The number of β-amino-alcohol motifs (C(OH)–C–C–N with tert-alkyl or cyclic N) is 1. The molecule has 2 aliphatic heterocycles. The van der Waals surface area contributed by atoms with E-state index in [1.54, 1.807) is 4.90 Å². The molecule has 0 aromatic heterocycles. The predicted molar refractivity (Wildman–Crippen MR) is 114 cm³/mol. The van der Waals surface area contributed by atoms with Crippen LogP contribution in [0.4, 0.5) is 18.9 Å². The van der Waals surface area contributed by atoms with Crippen molar-refractivity contribution in [3.63, 3.8) is 0 Å². The minimum absolute atomic E-state index is 0.0472. The highest BCUT2D eigenvalue weighted by molar-refractivity contribution is 5.78. The van der Waals surface area contributed by atoms with Gasteiger partial charge < -0.3 is 24.9 Å². The van der Waals surface area contributed by atoms with Crippen molar-refractivity contribution in [2.24, 2.45) is 5.41 Å². The van der Waals surface area contributed by atoms with E-state index in [4.69, 9.17) is 0 Å². The second kappa shape index (κ2) is 9.19. The van der Waals surface area contributed by atoms with Gasteiger partial charge in [0.2, 0.25) is 5.91 Å². The molecule has 1 aromatic rings. The summed E-state index contributed by atoms with van der Waals surface area (Å²) in [7, 11) is 0. The SMILES string of the molecule is O=C1CCN(c2ccc(C(F)(F)F)cc2)CCN1[C@H](CO)CCN1CCC2(CC2)[C@H](O)C1. The maximum atomic E-state index is 12.8. The number of halogens is 3. The van der Waals surface area contributed by atoms with Crippen LogP contribution in [0.25, 0.3) is 0 Å². The van der Waals surface area contributed by atoms with Crippen molar-refractivity contribution >= 4 is 11.6 Å². The molecule has 4 rings (SSSR count). The van der Waals surface area contributed by atoms with Gasteiger partial charge in [-0.2, -0.15) is 13.2 Å². The van der Waals surface area contributed by atoms with E-state index in [0.29, 0.717) is 44.8 Å². The van der Waals surface area contributed by atoms with Crippen molar-refractivity contribution in [2.75, 3.05) is 50.8 Å². The summed E-state index contributed by atoms with van der Waals surface area (Å²) in [6.07, 6.45) is -0.561. The lowest BCUT2D eigenvalue weighted by Crippen LogP contribution is -2.48. The Morgan fingerprint density at radius 2 is 1.78 bits per heavy atom. The van der Waals surface area contributed by atoms with Gasteiger partial charge in [-0.05, 0) is 61.9 Å². The van der Waals surface area contributed by atoms with Crippen molar-refractivity contribution in [3.8, 4) is 0 Å². The second-order valence-electron chi connectivity index (χ2n) is 9.42. The zero-order valence-corrected chi connectivity index (χ0v) is 18.2. The number of anilines is 1. The molecular formula is C23H32F3N3O3. The lowest BCUT2D eigenvalue weighted by Gasteiger charge is -2.38. The Kier molecular flexibility index (Phi) is 6.70. The number of carbonyl (C=O) groups excluding carboxylic acids is 1. The number of carbonyl (C=O) groups is 1. The topological polar surface area (TPSA) is 67.2 Å². The molecule has 1 spiro atoms. The number of aliphatic hydroxyl groups is 2. The van der Waals surface area contributed by atoms with E-state index in [0.717, 1.165) is 37.9 Å². The third-order valence-corrected chi connectivity index (χ3v) is 7.47. The molecule has 2 heterocycles. The molecule has 1 saturated carbocycles. The lowest BCUT2D eigenvalue weighted by atomic mass is 9.90. The Balaban J connectivity index is 1.32. The Labute approximate surface area is 186 Å². The van der Waals surface area contributed by atoms with E-state index in [1.807, 2.05) is 4.90 Å². The molecule has 6 nitrogen and oxygen atoms in total. The number of hydrogen-bond donors (Lipinski definition) is 2. The average Bonchev–Trinajstić information content (AvgIpc) is 3.57. The summed E-state index contributed by atoms with van der Waals surface area (Å²) in [6, 6.07) is 4.72. The molecule has 1 aliphatic carbocycles. The summed E-state index contributed by atoms with van der Waals surface area (Å²) in [4.78, 5) is 18.6. The first kappa shape index (κ1) is 23.3. The molecule has 2 atom stereocenters. The van der Waals surface area contributed by atoms with Crippen LogP contribution in [-0.2, 0) is 11.0 Å². The second-order valence-corrected chi connectivity index (χ2v) is 9.42. The standard InChI is InChI=1S/C23H32F3N3O3/c24-23(25,26)17-1-3-18(4-2-17)28-11-6-21(32)29(14-13-28)19(16-30)5-10-27-12-9-22(7-8-22)20(31)15-27/h1-4,19-20,30-31H,5-16H2/t19-,20+/m0/s1. The fraction of sp³-hybridized carbons (Fsp3) is 0.696. The lowest BCUT2D eigenvalue weighted by molar-refractivity contribution is -0.137. The maximum absolute atomic E-state index is 12.8. The molecule has 178 valence electrons. The van der Waals surface area contributed by atoms with Crippen LogP contribution in [0.3, 0.4) is 0 Å². The molecule has 0 unspecified atom stereocenters. The van der Waals surface area contributed by atoms with Crippen molar-refractivity contribution in [1.29, 1.82) is 0 Å². The Bertz CT molecular complexity index is 798. The number of likely N-dealkylation sites (tertiary alicyclic amines) is 1. The van der Waals surface area contributed by atoms with E-state index in [1.165, 1.54) is 12.1 Å². The molecule has 3 aliphatic rings. The highest BCUT2D eigenvalue weighted by atomic mass is 19.4. The van der Waals surface area contributed by atoms with Crippen molar-refractivity contribution in [2.45, 2.75) is 50.4 Å². The summed E-state index contributed by atoms with van der Waals surface area (Å²) < 4.78 is 38.5. The zero-order valence-electron chi connectivity index (χ0n) is 18.2. The van der Waals surface area contributed by atoms with Gasteiger partial charge in [0.05, 0.1) is 24.3 Å². The largest absolute Gasteiger partial charge is 0.416 e. The zero-order chi connectivity index (χ0) is 22.9. The summed E-state index contributed by atoms with van der Waals surface area (Å²) in [6.45, 7) is 3.50. The highest BCUT2D eigenvalue weighted by Crippen LogP contribution is 2.53. The molecular weight excluding hydrogens is 423 g/mol. The summed E-state index contributed by atoms with van der Waals surface area (Å²) in [5.74, 6) is -0.0472. The number of rotatable bonds is 6. The molecule has 9 heteroatoms. The van der Waals surface area contributed by atoms with Crippen molar-refractivity contribution < 1.29 is 28.2 Å². The van der Waals surface area contributed by atoms with E-state index in [9.17, 15) is 28.2 Å². The Morgan fingerprint density at radius 1 is 1.06 bits per heavy atom. The number of piperidine rings is 1. The normalized spacial score (nSPS) is 25.2. The summed E-state index contributed by atoms with van der Waals surface area (Å²) in [5, 5.41) is 20.4. The van der Waals surface area contributed by atoms with Crippen LogP contribution in [0, 0.1) is 5.41 Å². The van der Waals surface area contributed by atoms with Gasteiger partial charge in [-0.25, -0.2) is 0 Å². The smallest absolute Gasteiger partial charge is 0.394 e. The van der Waals surface area contributed by atoms with E-state index >= 15 is 0 Å². The first-order valence-corrected chi connectivity index (χ1v) is 11.4. The summed E-state index contributed by atoms with van der Waals surface area (Å²) in [5.41, 5.74) is 0.115. The van der Waals surface area contributed by atoms with Crippen molar-refractivity contribution in [1.82, 2.24) is 9.80 Å². The number of hydrogen-bond acceptors (Lipinski definition) is 5. The number of benzene rings is 1. The molecule has 1 amide bonds. The van der Waals surface area contributed by atoms with E-state index < -0.39 is 11.7 Å². The number of alkyl halides is 3. The Morgan fingerprint density at radius 3 is 2.38 bits per heavy atom. The van der Waals surface area contributed by atoms with Crippen LogP contribution < -0.4 is 4.90 Å². The van der Waals surface area contributed by atoms with Gasteiger partial charge in [0, 0.05) is 44.8 Å². The van der Waals surface area contributed by atoms with Gasteiger partial charge in [-0.15, -0.1) is 0 Å². The van der Waals surface area contributed by atoms with Crippen molar-refractivity contribution in [3.05, 3.63) is 29.8 Å². The molecule has 0 bridgehead atoms. The molecule has 32 heavy (non-hydrogen) atoms. The molecule has 1 aromatic carbocycles.